The number of benzene rings is 2. The van der Waals surface area contributed by atoms with Gasteiger partial charge >= 0.3 is 0 Å². The lowest BCUT2D eigenvalue weighted by atomic mass is 10.1. The van der Waals surface area contributed by atoms with Crippen molar-refractivity contribution in [2.24, 2.45) is 0 Å². The Labute approximate surface area is 165 Å². The average Bonchev–Trinajstić information content (AvgIpc) is 3.14. The summed E-state index contributed by atoms with van der Waals surface area (Å²) in [4.78, 5) is 17.2. The molecule has 4 rings (SSSR count). The molecule has 0 fully saturated rings. The van der Waals surface area contributed by atoms with Crippen LogP contribution >= 0.6 is 0 Å². The van der Waals surface area contributed by atoms with E-state index in [0.29, 0.717) is 24.5 Å². The number of amides is 1. The monoisotopic (exact) mass is 375 g/mol. The predicted molar refractivity (Wildman–Crippen MR) is 108 cm³/mol. The third kappa shape index (κ3) is 4.42. The number of hydrogen-bond acceptors (Lipinski definition) is 3. The topological polar surface area (TPSA) is 56.1 Å². The molecule has 0 saturated heterocycles. The zero-order valence-corrected chi connectivity index (χ0v) is 16.1. The summed E-state index contributed by atoms with van der Waals surface area (Å²) in [7, 11) is 0. The molecule has 1 aromatic heterocycles. The highest BCUT2D eigenvalue weighted by molar-refractivity contribution is 5.94. The highest BCUT2D eigenvalue weighted by Crippen LogP contribution is 2.17. The van der Waals surface area contributed by atoms with Gasteiger partial charge in [-0.05, 0) is 43.5 Å². The van der Waals surface area contributed by atoms with Gasteiger partial charge < -0.3 is 14.6 Å². The van der Waals surface area contributed by atoms with Crippen molar-refractivity contribution in [1.82, 2.24) is 14.9 Å². The largest absolute Gasteiger partial charge is 0.489 e. The molecular weight excluding hydrogens is 350 g/mol. The third-order valence-corrected chi connectivity index (χ3v) is 4.97. The molecule has 1 aliphatic rings. The summed E-state index contributed by atoms with van der Waals surface area (Å²) >= 11 is 0. The Balaban J connectivity index is 1.35. The molecule has 144 valence electrons. The maximum absolute atomic E-state index is 12.5. The number of fused-ring (bicyclic) bond motifs is 1. The summed E-state index contributed by atoms with van der Waals surface area (Å²) in [6.45, 7) is 4.00. The van der Waals surface area contributed by atoms with Gasteiger partial charge in [-0.15, -0.1) is 0 Å². The van der Waals surface area contributed by atoms with Crippen molar-refractivity contribution < 1.29 is 9.53 Å². The van der Waals surface area contributed by atoms with Crippen LogP contribution in [0.3, 0.4) is 0 Å². The Morgan fingerprint density at radius 1 is 1.18 bits per heavy atom. The zero-order chi connectivity index (χ0) is 19.3. The van der Waals surface area contributed by atoms with Crippen LogP contribution in [0.5, 0.6) is 5.75 Å². The van der Waals surface area contributed by atoms with Crippen LogP contribution in [0.1, 0.15) is 45.8 Å². The number of rotatable bonds is 6. The molecule has 0 saturated carbocycles. The molecular formula is C23H25N3O2. The molecule has 0 radical (unpaired) electrons. The summed E-state index contributed by atoms with van der Waals surface area (Å²) in [6.07, 6.45) is 5.47. The maximum Gasteiger partial charge on any atom is 0.251 e. The fraction of sp³-hybridized carbons (Fsp3) is 0.304. The average molecular weight is 375 g/mol. The number of carbonyl (C=O) groups is 1. The van der Waals surface area contributed by atoms with Crippen molar-refractivity contribution >= 4 is 5.91 Å². The molecule has 0 aliphatic carbocycles. The van der Waals surface area contributed by atoms with Crippen molar-refractivity contribution in [3.05, 3.63) is 82.9 Å². The van der Waals surface area contributed by atoms with Gasteiger partial charge in [0.1, 0.15) is 18.2 Å². The second-order valence-electron chi connectivity index (χ2n) is 7.29. The van der Waals surface area contributed by atoms with Crippen LogP contribution in [0.25, 0.3) is 0 Å². The first-order chi connectivity index (χ1) is 13.7. The van der Waals surface area contributed by atoms with E-state index in [1.165, 1.54) is 18.4 Å². The normalized spacial score (nSPS) is 13.0. The second-order valence-corrected chi connectivity index (χ2v) is 7.29. The molecule has 0 spiro atoms. The minimum atomic E-state index is -0.119. The summed E-state index contributed by atoms with van der Waals surface area (Å²) in [5.74, 6) is 1.70. The van der Waals surface area contributed by atoms with E-state index in [9.17, 15) is 4.79 Å². The fourth-order valence-corrected chi connectivity index (χ4v) is 3.53. The number of carbonyl (C=O) groups excluding carboxylic acids is 1. The Morgan fingerprint density at radius 3 is 2.93 bits per heavy atom. The first kappa shape index (κ1) is 18.3. The van der Waals surface area contributed by atoms with Crippen molar-refractivity contribution in [3.63, 3.8) is 0 Å². The lowest BCUT2D eigenvalue weighted by molar-refractivity contribution is 0.0950. The van der Waals surface area contributed by atoms with E-state index in [2.05, 4.69) is 40.1 Å². The summed E-state index contributed by atoms with van der Waals surface area (Å²) < 4.78 is 8.06. The Bertz CT molecular complexity index is 954. The molecule has 28 heavy (non-hydrogen) atoms. The van der Waals surface area contributed by atoms with Gasteiger partial charge in [-0.2, -0.15) is 0 Å². The van der Waals surface area contributed by atoms with Gasteiger partial charge in [-0.3, -0.25) is 4.79 Å². The number of nitrogens with one attached hydrogen (secondary N) is 1. The van der Waals surface area contributed by atoms with E-state index < -0.39 is 0 Å². The molecule has 5 heteroatoms. The standard InChI is InChI=1S/C23H25N3O2/c1-17-6-4-7-18(12-17)16-28-21-9-5-8-19(13-21)23(27)24-14-20-15-26-11-3-2-10-22(26)25-20/h4-9,12-13,15H,2-3,10-11,14,16H2,1H3,(H,24,27). The van der Waals surface area contributed by atoms with Crippen LogP contribution in [0.4, 0.5) is 0 Å². The number of hydrogen-bond donors (Lipinski definition) is 1. The minimum Gasteiger partial charge on any atom is -0.489 e. The van der Waals surface area contributed by atoms with E-state index in [0.717, 1.165) is 30.0 Å². The van der Waals surface area contributed by atoms with Crippen molar-refractivity contribution in [2.75, 3.05) is 0 Å². The van der Waals surface area contributed by atoms with E-state index in [1.807, 2.05) is 24.3 Å². The predicted octanol–water partition coefficient (Wildman–Crippen LogP) is 4.04. The molecule has 1 aliphatic heterocycles. The molecule has 0 unspecified atom stereocenters. The molecule has 3 aromatic rings. The van der Waals surface area contributed by atoms with Gasteiger partial charge in [0.25, 0.3) is 5.91 Å². The quantitative estimate of drug-likeness (QED) is 0.707. The SMILES string of the molecule is Cc1cccc(COc2cccc(C(=O)NCc3cn4c(n3)CCCC4)c2)c1. The number of aryl methyl sites for hydroxylation is 3. The van der Waals surface area contributed by atoms with Gasteiger partial charge in [0.2, 0.25) is 0 Å². The van der Waals surface area contributed by atoms with E-state index >= 15 is 0 Å². The van der Waals surface area contributed by atoms with Crippen molar-refractivity contribution in [2.45, 2.75) is 45.9 Å². The number of aromatic nitrogens is 2. The smallest absolute Gasteiger partial charge is 0.251 e. The van der Waals surface area contributed by atoms with Crippen LogP contribution in [0.2, 0.25) is 0 Å². The highest BCUT2D eigenvalue weighted by Gasteiger charge is 2.13. The summed E-state index contributed by atoms with van der Waals surface area (Å²) in [5.41, 5.74) is 3.82. The van der Waals surface area contributed by atoms with E-state index in [4.69, 9.17) is 4.74 Å². The molecule has 2 heterocycles. The van der Waals surface area contributed by atoms with Crippen LogP contribution in [0, 0.1) is 6.92 Å². The molecule has 2 aromatic carbocycles. The van der Waals surface area contributed by atoms with Crippen LogP contribution < -0.4 is 10.1 Å². The lowest BCUT2D eigenvalue weighted by Gasteiger charge is -2.11. The second kappa shape index (κ2) is 8.30. The first-order valence-corrected chi connectivity index (χ1v) is 9.79. The zero-order valence-electron chi connectivity index (χ0n) is 16.1. The summed E-state index contributed by atoms with van der Waals surface area (Å²) in [5, 5.41) is 2.96. The fourth-order valence-electron chi connectivity index (χ4n) is 3.53. The Morgan fingerprint density at radius 2 is 2.07 bits per heavy atom. The molecule has 1 amide bonds. The van der Waals surface area contributed by atoms with Gasteiger partial charge in [0.05, 0.1) is 12.2 Å². The number of imidazole rings is 1. The summed E-state index contributed by atoms with van der Waals surface area (Å²) in [6, 6.07) is 15.5. The van der Waals surface area contributed by atoms with Crippen LogP contribution in [0.15, 0.2) is 54.7 Å². The minimum absolute atomic E-state index is 0.119. The molecule has 0 bridgehead atoms. The van der Waals surface area contributed by atoms with E-state index in [-0.39, 0.29) is 5.91 Å². The first-order valence-electron chi connectivity index (χ1n) is 9.79. The van der Waals surface area contributed by atoms with Crippen LogP contribution in [-0.4, -0.2) is 15.5 Å². The molecule has 1 N–H and O–H groups in total. The van der Waals surface area contributed by atoms with Gasteiger partial charge in [0, 0.05) is 24.7 Å². The molecule has 5 nitrogen and oxygen atoms in total. The Kier molecular flexibility index (Phi) is 5.42. The van der Waals surface area contributed by atoms with Gasteiger partial charge in [-0.25, -0.2) is 4.98 Å². The molecule has 0 atom stereocenters. The Hall–Kier alpha value is -3.08. The third-order valence-electron chi connectivity index (χ3n) is 4.97. The maximum atomic E-state index is 12.5. The van der Waals surface area contributed by atoms with Crippen molar-refractivity contribution in [3.8, 4) is 5.75 Å². The van der Waals surface area contributed by atoms with E-state index in [1.54, 1.807) is 12.1 Å². The van der Waals surface area contributed by atoms with Crippen molar-refractivity contribution in [1.29, 1.82) is 0 Å². The van der Waals surface area contributed by atoms with Crippen LogP contribution in [-0.2, 0) is 26.1 Å². The van der Waals surface area contributed by atoms with Gasteiger partial charge in [0.15, 0.2) is 0 Å². The van der Waals surface area contributed by atoms with Gasteiger partial charge in [-0.1, -0.05) is 35.9 Å². The highest BCUT2D eigenvalue weighted by atomic mass is 16.5. The number of ether oxygens (including phenoxy) is 1. The lowest BCUT2D eigenvalue weighted by Crippen LogP contribution is -2.23. The number of nitrogens with zero attached hydrogens (tertiary/aromatic N) is 2.